The van der Waals surface area contributed by atoms with Gasteiger partial charge in [0.1, 0.15) is 0 Å². The van der Waals surface area contributed by atoms with Gasteiger partial charge in [0.25, 0.3) is 11.8 Å². The van der Waals surface area contributed by atoms with Gasteiger partial charge in [-0.2, -0.15) is 0 Å². The van der Waals surface area contributed by atoms with E-state index in [-0.39, 0.29) is 46.8 Å². The third kappa shape index (κ3) is 2.77. The summed E-state index contributed by atoms with van der Waals surface area (Å²) in [5.41, 5.74) is 11.7. The number of hydrogen-bond acceptors (Lipinski definition) is 4. The number of rotatable bonds is 1. The molecule has 4 saturated heterocycles. The Hall–Kier alpha value is -3.74. The maximum Gasteiger partial charge on any atom is 0.256 e. The van der Waals surface area contributed by atoms with Crippen molar-refractivity contribution >= 4 is 23.2 Å². The summed E-state index contributed by atoms with van der Waals surface area (Å²) in [6, 6.07) is 18.8. The Morgan fingerprint density at radius 2 is 1.44 bits per heavy atom. The van der Waals surface area contributed by atoms with Crippen molar-refractivity contribution in [3.63, 3.8) is 0 Å². The Bertz CT molecular complexity index is 2040. The van der Waals surface area contributed by atoms with Gasteiger partial charge in [0.2, 0.25) is 0 Å². The Balaban J connectivity index is 1.11. The van der Waals surface area contributed by atoms with Crippen LogP contribution < -0.4 is 9.80 Å². The molecule has 9 atom stereocenters. The number of carbonyl (C=O) groups excluding carboxylic acids is 2. The van der Waals surface area contributed by atoms with Crippen LogP contribution in [0.15, 0.2) is 94.6 Å². The summed E-state index contributed by atoms with van der Waals surface area (Å²) in [5, 5.41) is 0. The quantitative estimate of drug-likeness (QED) is 0.372. The first-order valence-electron chi connectivity index (χ1n) is 18.6. The third-order valence-corrected chi connectivity index (χ3v) is 15.6. The highest BCUT2D eigenvalue weighted by atomic mass is 16.2. The van der Waals surface area contributed by atoms with Crippen molar-refractivity contribution in [1.82, 2.24) is 9.80 Å². The second-order valence-corrected chi connectivity index (χ2v) is 16.5. The van der Waals surface area contributed by atoms with Crippen LogP contribution >= 0.6 is 0 Å². The molecule has 12 rings (SSSR count). The van der Waals surface area contributed by atoms with E-state index in [4.69, 9.17) is 0 Å². The molecule has 2 aromatic rings. The lowest BCUT2D eigenvalue weighted by Gasteiger charge is -2.45. The van der Waals surface area contributed by atoms with Crippen molar-refractivity contribution in [2.75, 3.05) is 29.4 Å². The molecule has 8 heterocycles. The molecule has 2 spiro atoms. The minimum absolute atomic E-state index is 0.0177. The fraction of sp³-hybridized carbons (Fsp3) is 0.476. The van der Waals surface area contributed by atoms with Gasteiger partial charge in [-0.1, -0.05) is 70.8 Å². The van der Waals surface area contributed by atoms with Crippen LogP contribution in [0.25, 0.3) is 0 Å². The molecule has 10 aliphatic rings. The fourth-order valence-electron chi connectivity index (χ4n) is 14.0. The van der Waals surface area contributed by atoms with Crippen molar-refractivity contribution in [2.24, 2.45) is 11.8 Å². The highest BCUT2D eigenvalue weighted by molar-refractivity contribution is 6.11. The zero-order valence-electron chi connectivity index (χ0n) is 27.9. The van der Waals surface area contributed by atoms with E-state index in [0.29, 0.717) is 17.9 Å². The lowest BCUT2D eigenvalue weighted by molar-refractivity contribution is -0.117. The van der Waals surface area contributed by atoms with Gasteiger partial charge in [0.05, 0.1) is 12.1 Å². The first kappa shape index (κ1) is 27.1. The van der Waals surface area contributed by atoms with Crippen LogP contribution in [0.1, 0.15) is 63.5 Å². The molecular weight excluding hydrogens is 592 g/mol. The van der Waals surface area contributed by atoms with E-state index in [0.717, 1.165) is 69.4 Å². The molecule has 0 radical (unpaired) electrons. The summed E-state index contributed by atoms with van der Waals surface area (Å²) in [4.78, 5) is 39.7. The number of amides is 2. The van der Waals surface area contributed by atoms with Crippen LogP contribution in [0.2, 0.25) is 0 Å². The molecule has 2 aromatic carbocycles. The average Bonchev–Trinajstić information content (AvgIpc) is 3.80. The number of anilines is 2. The van der Waals surface area contributed by atoms with Gasteiger partial charge in [-0.15, -0.1) is 0 Å². The molecule has 9 unspecified atom stereocenters. The second kappa shape index (κ2) is 8.70. The summed E-state index contributed by atoms with van der Waals surface area (Å²) in [6.07, 6.45) is 12.8. The number of carbonyl (C=O) groups is 2. The van der Waals surface area contributed by atoms with E-state index < -0.39 is 0 Å². The van der Waals surface area contributed by atoms with Crippen LogP contribution in [0.4, 0.5) is 11.4 Å². The van der Waals surface area contributed by atoms with Gasteiger partial charge >= 0.3 is 0 Å². The summed E-state index contributed by atoms with van der Waals surface area (Å²) in [7, 11) is 0. The third-order valence-electron chi connectivity index (χ3n) is 15.6. The van der Waals surface area contributed by atoms with E-state index in [2.05, 4.69) is 94.1 Å². The number of piperidine rings is 2. The molecule has 242 valence electrons. The van der Waals surface area contributed by atoms with Crippen LogP contribution in [0.3, 0.4) is 0 Å². The minimum Gasteiger partial charge on any atom is -0.304 e. The van der Waals surface area contributed by atoms with E-state index in [1.165, 1.54) is 39.1 Å². The van der Waals surface area contributed by atoms with Gasteiger partial charge in [0, 0.05) is 76.9 Å². The highest BCUT2D eigenvalue weighted by Gasteiger charge is 2.70. The first-order chi connectivity index (χ1) is 23.5. The topological polar surface area (TPSA) is 47.1 Å². The molecule has 2 aliphatic carbocycles. The van der Waals surface area contributed by atoms with E-state index in [1.807, 2.05) is 6.08 Å². The number of nitrogens with zero attached hydrogens (tertiary/aromatic N) is 4. The SMILES string of the molecule is CC=C1CN2C(C3=C4CC5N(C3=O)c3ccccc3C53CCN5CC(=CC)C4CC53)CC34c5ccccc5N5C(=O)C=C(CC53)C1CC24. The molecule has 2 amide bonds. The van der Waals surface area contributed by atoms with Crippen molar-refractivity contribution in [2.45, 2.75) is 93.4 Å². The maximum atomic E-state index is 15.7. The number of allylic oxidation sites excluding steroid dienone is 2. The van der Waals surface area contributed by atoms with E-state index >= 15 is 4.79 Å². The molecule has 0 N–H and O–H groups in total. The zero-order valence-corrected chi connectivity index (χ0v) is 27.9. The molecule has 0 aromatic heterocycles. The number of fused-ring (bicyclic) bond motifs is 10. The Kier molecular flexibility index (Phi) is 4.91. The van der Waals surface area contributed by atoms with Gasteiger partial charge in [-0.05, 0) is 82.2 Å². The fourth-order valence-corrected chi connectivity index (χ4v) is 14.0. The average molecular weight is 635 g/mol. The molecule has 6 heteroatoms. The Labute approximate surface area is 282 Å². The second-order valence-electron chi connectivity index (χ2n) is 16.5. The number of hydrogen-bond donors (Lipinski definition) is 0. The van der Waals surface area contributed by atoms with Gasteiger partial charge in [-0.25, -0.2) is 0 Å². The largest absolute Gasteiger partial charge is 0.304 e. The van der Waals surface area contributed by atoms with Crippen LogP contribution in [0.5, 0.6) is 0 Å². The summed E-state index contributed by atoms with van der Waals surface area (Å²) >= 11 is 0. The van der Waals surface area contributed by atoms with E-state index in [9.17, 15) is 4.79 Å². The minimum atomic E-state index is -0.187. The molecule has 8 aliphatic heterocycles. The predicted molar refractivity (Wildman–Crippen MR) is 186 cm³/mol. The van der Waals surface area contributed by atoms with Crippen LogP contribution in [0, 0.1) is 11.8 Å². The zero-order chi connectivity index (χ0) is 31.8. The maximum absolute atomic E-state index is 15.7. The first-order valence-corrected chi connectivity index (χ1v) is 18.6. The predicted octanol–water partition coefficient (Wildman–Crippen LogP) is 5.80. The van der Waals surface area contributed by atoms with Crippen LogP contribution in [-0.2, 0) is 20.4 Å². The van der Waals surface area contributed by atoms with Crippen LogP contribution in [-0.4, -0.2) is 71.5 Å². The molecule has 6 fully saturated rings. The lowest BCUT2D eigenvalue weighted by Crippen LogP contribution is -2.56. The normalized spacial score (nSPS) is 42.8. The van der Waals surface area contributed by atoms with Gasteiger partial charge in [-0.3, -0.25) is 19.4 Å². The van der Waals surface area contributed by atoms with Gasteiger partial charge in [0.15, 0.2) is 0 Å². The van der Waals surface area contributed by atoms with Gasteiger partial charge < -0.3 is 9.80 Å². The monoisotopic (exact) mass is 634 g/mol. The summed E-state index contributed by atoms with van der Waals surface area (Å²) in [5.74, 6) is 1.09. The van der Waals surface area contributed by atoms with E-state index in [1.54, 1.807) is 0 Å². The summed E-state index contributed by atoms with van der Waals surface area (Å²) < 4.78 is 0. The summed E-state index contributed by atoms with van der Waals surface area (Å²) in [6.45, 7) is 7.44. The molecule has 48 heavy (non-hydrogen) atoms. The number of benzene rings is 2. The van der Waals surface area contributed by atoms with Crippen molar-refractivity contribution in [1.29, 1.82) is 0 Å². The smallest absolute Gasteiger partial charge is 0.256 e. The van der Waals surface area contributed by atoms with Crippen molar-refractivity contribution < 1.29 is 9.59 Å². The Morgan fingerprint density at radius 1 is 0.750 bits per heavy atom. The molecular formula is C42H42N4O2. The lowest BCUT2D eigenvalue weighted by atomic mass is 9.67. The molecule has 6 nitrogen and oxygen atoms in total. The number of para-hydroxylation sites is 2. The van der Waals surface area contributed by atoms with Crippen molar-refractivity contribution in [3.8, 4) is 0 Å². The van der Waals surface area contributed by atoms with Crippen molar-refractivity contribution in [3.05, 3.63) is 106 Å². The standard InChI is InChI=1S/C42H42N4O2/c1-3-23-21-43-14-13-41-29-9-5-8-12-32(29)46-37(41)19-28(27(23)18-34(41)43)39(40(46)48)33-20-42-30-10-6-7-11-31(30)45-36(42)15-25(16-38(45)47)26-17-35(42)44(33)22-24(26)4-2/h3-12,16,26-27,33-37H,13-15,17-22H2,1-2H3. The molecule has 8 bridgehead atoms. The highest BCUT2D eigenvalue weighted by Crippen LogP contribution is 2.67. The Morgan fingerprint density at radius 3 is 2.23 bits per heavy atom. The molecule has 2 saturated carbocycles.